The zero-order valence-corrected chi connectivity index (χ0v) is 21.3. The van der Waals surface area contributed by atoms with Crippen LogP contribution in [0.4, 0.5) is 23.2 Å². The minimum atomic E-state index is -4.95. The van der Waals surface area contributed by atoms with Crippen LogP contribution < -0.4 is 16.8 Å². The number of anilines is 1. The van der Waals surface area contributed by atoms with E-state index >= 15 is 0 Å². The van der Waals surface area contributed by atoms with E-state index in [9.17, 15) is 31.9 Å². The van der Waals surface area contributed by atoms with E-state index in [0.29, 0.717) is 27.1 Å². The van der Waals surface area contributed by atoms with E-state index in [0.717, 1.165) is 18.2 Å². The maximum absolute atomic E-state index is 13.5. The van der Waals surface area contributed by atoms with Crippen molar-refractivity contribution in [3.63, 3.8) is 0 Å². The lowest BCUT2D eigenvalue weighted by Crippen LogP contribution is -2.22. The molecule has 4 aromatic rings. The van der Waals surface area contributed by atoms with Gasteiger partial charge in [-0.15, -0.1) is 0 Å². The Bertz CT molecular complexity index is 1730. The Morgan fingerprint density at radius 2 is 1.88 bits per heavy atom. The van der Waals surface area contributed by atoms with Crippen molar-refractivity contribution in [1.29, 1.82) is 0 Å². The van der Waals surface area contributed by atoms with Gasteiger partial charge in [-0.25, -0.2) is 14.0 Å². The van der Waals surface area contributed by atoms with E-state index < -0.39 is 47.2 Å². The summed E-state index contributed by atoms with van der Waals surface area (Å²) in [6.07, 6.45) is -3.13. The molecule has 0 saturated heterocycles. The van der Waals surface area contributed by atoms with E-state index in [1.54, 1.807) is 37.3 Å². The van der Waals surface area contributed by atoms with E-state index in [4.69, 9.17) is 21.9 Å². The second-order valence-electron chi connectivity index (χ2n) is 8.65. The van der Waals surface area contributed by atoms with Gasteiger partial charge in [0.1, 0.15) is 11.4 Å². The Hall–Kier alpha value is -4.48. The molecule has 4 rings (SSSR count). The highest BCUT2D eigenvalue weighted by atomic mass is 35.5. The summed E-state index contributed by atoms with van der Waals surface area (Å²) in [4.78, 5) is 41.6. The summed E-state index contributed by atoms with van der Waals surface area (Å²) in [5.74, 6) is 1.93. The van der Waals surface area contributed by atoms with Crippen LogP contribution in [0.2, 0.25) is 5.02 Å². The van der Waals surface area contributed by atoms with Crippen molar-refractivity contribution < 1.29 is 36.4 Å². The average Bonchev–Trinajstić information content (AvgIpc) is 2.89. The van der Waals surface area contributed by atoms with Gasteiger partial charge >= 0.3 is 17.8 Å². The second-order valence-corrected chi connectivity index (χ2v) is 9.06. The Morgan fingerprint density at radius 1 is 1.12 bits per heavy atom. The third-order valence-electron chi connectivity index (χ3n) is 5.88. The largest absolute Gasteiger partial charge is 0.422 e. The molecule has 0 saturated carbocycles. The van der Waals surface area contributed by atoms with Gasteiger partial charge in [0.25, 0.3) is 0 Å². The quantitative estimate of drug-likeness (QED) is 0.123. The minimum absolute atomic E-state index is 0.116. The van der Waals surface area contributed by atoms with Crippen LogP contribution in [0, 0.1) is 12.7 Å². The lowest BCUT2D eigenvalue weighted by Gasteiger charge is -2.16. The third-order valence-corrected chi connectivity index (χ3v) is 6.29. The van der Waals surface area contributed by atoms with Crippen molar-refractivity contribution in [1.82, 2.24) is 0 Å². The molecule has 1 aromatic heterocycles. The molecule has 7 nitrogen and oxygen atoms in total. The molecule has 0 aliphatic heterocycles. The summed E-state index contributed by atoms with van der Waals surface area (Å²) in [5, 5.41) is 2.84. The standard InChI is InChI=1S/C28H19ClF4N2O5/c1-14-9-18-23(13-21(14)29)39-27(38)19(26(18)16-4-2-3-15(10-16)5-8-25(37)40-34)12-24(36)35-22-7-6-17(30)11-20(22)28(31,32)33/h2-11,13H,12,34H2,1H3,(H,35,36). The Kier molecular flexibility index (Phi) is 8.08. The van der Waals surface area contributed by atoms with E-state index in [-0.39, 0.29) is 22.8 Å². The second kappa shape index (κ2) is 11.3. The van der Waals surface area contributed by atoms with Crippen LogP contribution in [-0.4, -0.2) is 11.9 Å². The fraction of sp³-hybridized carbons (Fsp3) is 0.107. The fourth-order valence-electron chi connectivity index (χ4n) is 4.08. The van der Waals surface area contributed by atoms with Crippen LogP contribution in [0.5, 0.6) is 0 Å². The van der Waals surface area contributed by atoms with E-state index in [2.05, 4.69) is 10.2 Å². The molecule has 40 heavy (non-hydrogen) atoms. The molecule has 0 atom stereocenters. The highest BCUT2D eigenvalue weighted by Gasteiger charge is 2.34. The SMILES string of the molecule is Cc1cc2c(-c3cccc(C=CC(=O)ON)c3)c(CC(=O)Nc3ccc(F)cc3C(F)(F)F)c(=O)oc2cc1Cl. The summed E-state index contributed by atoms with van der Waals surface area (Å²) in [7, 11) is 0. The van der Waals surface area contributed by atoms with Crippen molar-refractivity contribution in [3.8, 4) is 11.1 Å². The molecule has 0 unspecified atom stereocenters. The van der Waals surface area contributed by atoms with E-state index in [1.807, 2.05) is 0 Å². The Morgan fingerprint density at radius 3 is 2.58 bits per heavy atom. The van der Waals surface area contributed by atoms with Crippen molar-refractivity contribution >= 4 is 46.2 Å². The number of halogens is 5. The lowest BCUT2D eigenvalue weighted by molar-refractivity contribution is -0.138. The first kappa shape index (κ1) is 28.5. The van der Waals surface area contributed by atoms with Crippen LogP contribution >= 0.6 is 11.6 Å². The number of nitrogens with one attached hydrogen (secondary N) is 1. The monoisotopic (exact) mass is 574 g/mol. The summed E-state index contributed by atoms with van der Waals surface area (Å²) in [6, 6.07) is 11.4. The summed E-state index contributed by atoms with van der Waals surface area (Å²) in [5.41, 5.74) is -1.17. The van der Waals surface area contributed by atoms with Gasteiger partial charge in [-0.1, -0.05) is 29.8 Å². The smallest absolute Gasteiger partial charge is 0.418 e. The number of nitrogens with two attached hydrogens (primary N) is 1. The molecule has 3 aromatic carbocycles. The highest BCUT2D eigenvalue weighted by molar-refractivity contribution is 6.32. The van der Waals surface area contributed by atoms with Gasteiger partial charge in [0.2, 0.25) is 5.91 Å². The first-order valence-electron chi connectivity index (χ1n) is 11.5. The van der Waals surface area contributed by atoms with Crippen molar-refractivity contribution in [2.75, 3.05) is 5.32 Å². The predicted octanol–water partition coefficient (Wildman–Crippen LogP) is 6.19. The number of rotatable bonds is 6. The number of amides is 1. The molecule has 3 N–H and O–H groups in total. The van der Waals surface area contributed by atoms with Crippen LogP contribution in [-0.2, 0) is 27.0 Å². The molecular weight excluding hydrogens is 556 g/mol. The van der Waals surface area contributed by atoms with E-state index in [1.165, 1.54) is 12.1 Å². The molecule has 12 heteroatoms. The number of benzene rings is 3. The maximum Gasteiger partial charge on any atom is 0.418 e. The summed E-state index contributed by atoms with van der Waals surface area (Å²) < 4.78 is 59.2. The molecule has 206 valence electrons. The number of carbonyl (C=O) groups is 2. The third kappa shape index (κ3) is 6.22. The number of carbonyl (C=O) groups excluding carboxylic acids is 2. The normalized spacial score (nSPS) is 11.7. The molecule has 0 spiro atoms. The highest BCUT2D eigenvalue weighted by Crippen LogP contribution is 2.37. The molecule has 0 fully saturated rings. The van der Waals surface area contributed by atoms with Gasteiger partial charge in [-0.2, -0.15) is 19.1 Å². The molecule has 0 aliphatic rings. The number of hydrogen-bond donors (Lipinski definition) is 2. The number of fused-ring (bicyclic) bond motifs is 1. The minimum Gasteiger partial charge on any atom is -0.422 e. The first-order valence-corrected chi connectivity index (χ1v) is 11.9. The van der Waals surface area contributed by atoms with Crippen LogP contribution in [0.25, 0.3) is 28.2 Å². The molecule has 0 radical (unpaired) electrons. The van der Waals surface area contributed by atoms with Gasteiger partial charge in [0, 0.05) is 28.1 Å². The first-order chi connectivity index (χ1) is 18.9. The number of aryl methyl sites for hydroxylation is 1. The summed E-state index contributed by atoms with van der Waals surface area (Å²) >= 11 is 6.22. The zero-order valence-electron chi connectivity index (χ0n) is 20.6. The van der Waals surface area contributed by atoms with Crippen molar-refractivity contribution in [2.45, 2.75) is 19.5 Å². The van der Waals surface area contributed by atoms with Crippen LogP contribution in [0.3, 0.4) is 0 Å². The van der Waals surface area contributed by atoms with Crippen LogP contribution in [0.1, 0.15) is 22.3 Å². The molecule has 1 heterocycles. The average molecular weight is 575 g/mol. The van der Waals surface area contributed by atoms with Crippen molar-refractivity contribution in [2.24, 2.45) is 5.90 Å². The maximum atomic E-state index is 13.5. The Balaban J connectivity index is 1.84. The number of hydrogen-bond acceptors (Lipinski definition) is 6. The lowest BCUT2D eigenvalue weighted by atomic mass is 9.93. The number of alkyl halides is 3. The molecule has 0 aliphatic carbocycles. The molecule has 1 amide bonds. The topological polar surface area (TPSA) is 112 Å². The van der Waals surface area contributed by atoms with Crippen LogP contribution in [0.15, 0.2) is 69.9 Å². The molecular formula is C28H19ClF4N2O5. The van der Waals surface area contributed by atoms with Crippen molar-refractivity contribution in [3.05, 3.63) is 104 Å². The van der Waals surface area contributed by atoms with Gasteiger partial charge in [0.15, 0.2) is 0 Å². The van der Waals surface area contributed by atoms with Gasteiger partial charge in [-0.05, 0) is 60.0 Å². The Labute approximate surface area is 228 Å². The predicted molar refractivity (Wildman–Crippen MR) is 141 cm³/mol. The summed E-state index contributed by atoms with van der Waals surface area (Å²) in [6.45, 7) is 1.72. The fourth-order valence-corrected chi connectivity index (χ4v) is 4.23. The molecule has 0 bridgehead atoms. The van der Waals surface area contributed by atoms with Gasteiger partial charge in [-0.3, -0.25) is 4.79 Å². The van der Waals surface area contributed by atoms with Gasteiger partial charge < -0.3 is 14.6 Å². The van der Waals surface area contributed by atoms with Gasteiger partial charge in [0.05, 0.1) is 23.2 Å². The zero-order chi connectivity index (χ0) is 29.2.